The van der Waals surface area contributed by atoms with Crippen LogP contribution in [0.15, 0.2) is 25.6 Å². The van der Waals surface area contributed by atoms with Crippen LogP contribution in [0.25, 0.3) is 0 Å². The van der Waals surface area contributed by atoms with Crippen LogP contribution >= 0.6 is 0 Å². The number of hydrazine groups is 1. The van der Waals surface area contributed by atoms with Gasteiger partial charge < -0.3 is 10.5 Å². The van der Waals surface area contributed by atoms with E-state index in [9.17, 15) is 4.79 Å². The third kappa shape index (κ3) is 13.5. The number of carbonyl (C=O) groups is 1. The Hall–Kier alpha value is -1.45. The van der Waals surface area contributed by atoms with Crippen LogP contribution in [0.4, 0.5) is 0 Å². The van der Waals surface area contributed by atoms with E-state index in [2.05, 4.69) is 18.6 Å². The molecule has 0 unspecified atom stereocenters. The molecule has 0 amide bonds. The number of carboxylic acids is 1. The number of nitrogens with one attached hydrogen (secondary N) is 1. The van der Waals surface area contributed by atoms with E-state index >= 15 is 0 Å². The molecule has 76 valence electrons. The second-order valence-electron chi connectivity index (χ2n) is 2.05. The standard InChI is InChI=1S/C6H12N2.C3H6O2/c1-4-7-8(5-2)6-3;1-2-3(4)5/h4-5,7H,1-2,6H2,3H3;2H2,1H3,(H,4,5). The SMILES string of the molecule is C=CNN(C=C)CC.CCC(=O)O. The number of hydrogen-bond donors (Lipinski definition) is 2. The second-order valence-corrected chi connectivity index (χ2v) is 2.05. The van der Waals surface area contributed by atoms with Crippen molar-refractivity contribution in [3.05, 3.63) is 25.6 Å². The minimum atomic E-state index is -0.745. The van der Waals surface area contributed by atoms with Gasteiger partial charge in [-0.2, -0.15) is 0 Å². The van der Waals surface area contributed by atoms with E-state index in [1.54, 1.807) is 19.3 Å². The fourth-order valence-electron chi connectivity index (χ4n) is 0.390. The van der Waals surface area contributed by atoms with Crippen molar-refractivity contribution < 1.29 is 9.90 Å². The van der Waals surface area contributed by atoms with Crippen LogP contribution in [0, 0.1) is 0 Å². The Kier molecular flexibility index (Phi) is 11.4. The average molecular weight is 186 g/mol. The Bertz CT molecular complexity index is 158. The van der Waals surface area contributed by atoms with Gasteiger partial charge >= 0.3 is 5.97 Å². The highest BCUT2D eigenvalue weighted by molar-refractivity contribution is 5.66. The summed E-state index contributed by atoms with van der Waals surface area (Å²) in [7, 11) is 0. The number of rotatable bonds is 5. The largest absolute Gasteiger partial charge is 0.481 e. The van der Waals surface area contributed by atoms with Crippen molar-refractivity contribution in [1.82, 2.24) is 10.4 Å². The zero-order valence-corrected chi connectivity index (χ0v) is 8.29. The van der Waals surface area contributed by atoms with E-state index in [0.717, 1.165) is 6.54 Å². The molecule has 0 aliphatic heterocycles. The highest BCUT2D eigenvalue weighted by Crippen LogP contribution is 1.77. The zero-order chi connectivity index (χ0) is 10.7. The summed E-state index contributed by atoms with van der Waals surface area (Å²) in [5.41, 5.74) is 2.86. The van der Waals surface area contributed by atoms with Gasteiger partial charge in [-0.05, 0) is 6.92 Å². The van der Waals surface area contributed by atoms with Crippen LogP contribution in [0.1, 0.15) is 20.3 Å². The van der Waals surface area contributed by atoms with Crippen molar-refractivity contribution in [2.45, 2.75) is 20.3 Å². The first-order valence-electron chi connectivity index (χ1n) is 4.10. The monoisotopic (exact) mass is 186 g/mol. The maximum atomic E-state index is 9.37. The van der Waals surface area contributed by atoms with E-state index in [-0.39, 0.29) is 6.42 Å². The molecule has 13 heavy (non-hydrogen) atoms. The van der Waals surface area contributed by atoms with Crippen LogP contribution in [-0.4, -0.2) is 22.6 Å². The summed E-state index contributed by atoms with van der Waals surface area (Å²) in [6.45, 7) is 11.6. The van der Waals surface area contributed by atoms with Crippen molar-refractivity contribution >= 4 is 5.97 Å². The maximum absolute atomic E-state index is 9.37. The van der Waals surface area contributed by atoms with Crippen LogP contribution in [-0.2, 0) is 4.79 Å². The Morgan fingerprint density at radius 2 is 2.00 bits per heavy atom. The van der Waals surface area contributed by atoms with Crippen molar-refractivity contribution in [3.8, 4) is 0 Å². The number of hydrogen-bond acceptors (Lipinski definition) is 3. The summed E-state index contributed by atoms with van der Waals surface area (Å²) in [5.74, 6) is -0.745. The Balaban J connectivity index is 0. The molecule has 4 heteroatoms. The van der Waals surface area contributed by atoms with E-state index in [1.165, 1.54) is 0 Å². The van der Waals surface area contributed by atoms with Crippen LogP contribution in [0.2, 0.25) is 0 Å². The lowest BCUT2D eigenvalue weighted by molar-refractivity contribution is -0.136. The molecule has 0 heterocycles. The van der Waals surface area contributed by atoms with Crippen molar-refractivity contribution in [3.63, 3.8) is 0 Å². The molecule has 4 nitrogen and oxygen atoms in total. The molecular formula is C9H18N2O2. The van der Waals surface area contributed by atoms with Gasteiger partial charge in [0.1, 0.15) is 0 Å². The molecule has 0 aromatic carbocycles. The molecule has 2 N–H and O–H groups in total. The number of carboxylic acid groups (broad SMARTS) is 1. The van der Waals surface area contributed by atoms with Gasteiger partial charge in [-0.3, -0.25) is 9.80 Å². The molecule has 0 aromatic heterocycles. The molecule has 0 aliphatic rings. The summed E-state index contributed by atoms with van der Waals surface area (Å²) in [6, 6.07) is 0. The topological polar surface area (TPSA) is 52.6 Å². The quantitative estimate of drug-likeness (QED) is 0.640. The average Bonchev–Trinajstić information content (AvgIpc) is 2.15. The van der Waals surface area contributed by atoms with Gasteiger partial charge in [0.2, 0.25) is 0 Å². The lowest BCUT2D eigenvalue weighted by Gasteiger charge is -2.15. The van der Waals surface area contributed by atoms with Gasteiger partial charge in [-0.25, -0.2) is 0 Å². The highest BCUT2D eigenvalue weighted by atomic mass is 16.4. The third-order valence-corrected chi connectivity index (χ3v) is 1.12. The molecule has 0 bridgehead atoms. The first-order chi connectivity index (χ1) is 6.12. The van der Waals surface area contributed by atoms with Crippen molar-refractivity contribution in [2.24, 2.45) is 0 Å². The normalized spacial score (nSPS) is 7.54. The Morgan fingerprint density at radius 3 is 2.08 bits per heavy atom. The Labute approximate surface area is 79.5 Å². The van der Waals surface area contributed by atoms with Crippen LogP contribution in [0.5, 0.6) is 0 Å². The van der Waals surface area contributed by atoms with E-state index in [4.69, 9.17) is 5.11 Å². The van der Waals surface area contributed by atoms with Crippen LogP contribution in [0.3, 0.4) is 0 Å². The highest BCUT2D eigenvalue weighted by Gasteiger charge is 1.83. The van der Waals surface area contributed by atoms with E-state index < -0.39 is 5.97 Å². The van der Waals surface area contributed by atoms with Gasteiger partial charge in [-0.15, -0.1) is 0 Å². The van der Waals surface area contributed by atoms with Gasteiger partial charge in [0, 0.05) is 25.4 Å². The third-order valence-electron chi connectivity index (χ3n) is 1.12. The molecule has 0 atom stereocenters. The summed E-state index contributed by atoms with van der Waals surface area (Å²) >= 11 is 0. The van der Waals surface area contributed by atoms with Gasteiger partial charge in [0.05, 0.1) is 0 Å². The van der Waals surface area contributed by atoms with Crippen molar-refractivity contribution in [2.75, 3.05) is 6.54 Å². The minimum absolute atomic E-state index is 0.222. The number of aliphatic carboxylic acids is 1. The predicted molar refractivity (Wildman–Crippen MR) is 53.8 cm³/mol. The van der Waals surface area contributed by atoms with Crippen molar-refractivity contribution in [1.29, 1.82) is 0 Å². The summed E-state index contributed by atoms with van der Waals surface area (Å²) in [5, 5.41) is 9.55. The summed E-state index contributed by atoms with van der Waals surface area (Å²) in [4.78, 5) is 9.37. The number of nitrogens with zero attached hydrogens (tertiary/aromatic N) is 1. The molecule has 0 spiro atoms. The first-order valence-corrected chi connectivity index (χ1v) is 4.10. The molecule has 0 aromatic rings. The first kappa shape index (κ1) is 14.1. The van der Waals surface area contributed by atoms with E-state index in [0.29, 0.717) is 0 Å². The molecule has 0 saturated heterocycles. The molecule has 0 fully saturated rings. The summed E-state index contributed by atoms with van der Waals surface area (Å²) < 4.78 is 0. The smallest absolute Gasteiger partial charge is 0.303 e. The van der Waals surface area contributed by atoms with E-state index in [1.807, 2.05) is 11.9 Å². The molecule has 0 rings (SSSR count). The Morgan fingerprint density at radius 1 is 1.54 bits per heavy atom. The van der Waals surface area contributed by atoms with Gasteiger partial charge in [-0.1, -0.05) is 20.1 Å². The van der Waals surface area contributed by atoms with Gasteiger partial charge in [0.25, 0.3) is 0 Å². The fraction of sp³-hybridized carbons (Fsp3) is 0.444. The maximum Gasteiger partial charge on any atom is 0.303 e. The minimum Gasteiger partial charge on any atom is -0.481 e. The lowest BCUT2D eigenvalue weighted by atomic mass is 10.5. The van der Waals surface area contributed by atoms with Gasteiger partial charge in [0.15, 0.2) is 0 Å². The second kappa shape index (κ2) is 10.6. The molecule has 0 radical (unpaired) electrons. The molecular weight excluding hydrogens is 168 g/mol. The lowest BCUT2D eigenvalue weighted by Crippen LogP contribution is -2.27. The molecule has 0 saturated carbocycles. The summed E-state index contributed by atoms with van der Waals surface area (Å²) in [6.07, 6.45) is 3.55. The fourth-order valence-corrected chi connectivity index (χ4v) is 0.390. The predicted octanol–water partition coefficient (Wildman–Crippen LogP) is 1.58. The van der Waals surface area contributed by atoms with Crippen LogP contribution < -0.4 is 5.43 Å². The zero-order valence-electron chi connectivity index (χ0n) is 8.29. The molecule has 0 aliphatic carbocycles.